The summed E-state index contributed by atoms with van der Waals surface area (Å²) in [6, 6.07) is 17.0. The normalized spacial score (nSPS) is 21.0. The van der Waals surface area contributed by atoms with Gasteiger partial charge in [0.2, 0.25) is 0 Å². The number of nitrogens with two attached hydrogens (primary N) is 1. The van der Waals surface area contributed by atoms with E-state index in [2.05, 4.69) is 40.6 Å². The van der Waals surface area contributed by atoms with Crippen LogP contribution in [0.15, 0.2) is 48.5 Å². The molecule has 0 saturated heterocycles. The zero-order chi connectivity index (χ0) is 13.5. The number of fused-ring (bicyclic) bond motifs is 1. The Bertz CT molecular complexity index is 751. The predicted molar refractivity (Wildman–Crippen MR) is 85.2 cm³/mol. The van der Waals surface area contributed by atoms with Crippen molar-refractivity contribution in [3.05, 3.63) is 54.1 Å². The summed E-state index contributed by atoms with van der Waals surface area (Å²) >= 11 is 1.67. The number of rotatable bonds is 3. The van der Waals surface area contributed by atoms with E-state index in [1.807, 2.05) is 18.2 Å². The van der Waals surface area contributed by atoms with Crippen molar-refractivity contribution in [2.24, 2.45) is 0 Å². The third-order valence-electron chi connectivity index (χ3n) is 3.74. The molecule has 2 atom stereocenters. The number of anilines is 2. The third kappa shape index (κ3) is 2.12. The van der Waals surface area contributed by atoms with Gasteiger partial charge in [-0.2, -0.15) is 0 Å². The Morgan fingerprint density at radius 1 is 1.15 bits per heavy atom. The third-order valence-corrected chi connectivity index (χ3v) is 4.69. The number of thiazole rings is 1. The molecule has 2 unspecified atom stereocenters. The molecule has 1 saturated carbocycles. The van der Waals surface area contributed by atoms with Gasteiger partial charge in [-0.15, -0.1) is 0 Å². The van der Waals surface area contributed by atoms with Gasteiger partial charge < -0.3 is 11.1 Å². The lowest BCUT2D eigenvalue weighted by Crippen LogP contribution is -2.03. The lowest BCUT2D eigenvalue weighted by molar-refractivity contribution is 1.04. The van der Waals surface area contributed by atoms with Gasteiger partial charge in [0.1, 0.15) is 0 Å². The van der Waals surface area contributed by atoms with E-state index in [1.54, 1.807) is 11.3 Å². The van der Waals surface area contributed by atoms with Crippen LogP contribution in [0.3, 0.4) is 0 Å². The van der Waals surface area contributed by atoms with Gasteiger partial charge >= 0.3 is 0 Å². The van der Waals surface area contributed by atoms with E-state index in [9.17, 15) is 0 Å². The van der Waals surface area contributed by atoms with Crippen LogP contribution in [0.4, 0.5) is 10.8 Å². The van der Waals surface area contributed by atoms with E-state index in [0.717, 1.165) is 21.0 Å². The highest BCUT2D eigenvalue weighted by Gasteiger charge is 2.38. The summed E-state index contributed by atoms with van der Waals surface area (Å²) in [5, 5.41) is 4.53. The molecule has 1 fully saturated rings. The summed E-state index contributed by atoms with van der Waals surface area (Å²) in [6.07, 6.45) is 1.18. The zero-order valence-electron chi connectivity index (χ0n) is 10.9. The van der Waals surface area contributed by atoms with E-state index < -0.39 is 0 Å². The molecule has 1 aliphatic carbocycles. The number of aromatic nitrogens is 1. The van der Waals surface area contributed by atoms with Gasteiger partial charge in [-0.05, 0) is 30.2 Å². The van der Waals surface area contributed by atoms with Crippen LogP contribution in [-0.2, 0) is 0 Å². The Morgan fingerprint density at radius 2 is 2.00 bits per heavy atom. The summed E-state index contributed by atoms with van der Waals surface area (Å²) in [7, 11) is 0. The van der Waals surface area contributed by atoms with Crippen LogP contribution >= 0.6 is 11.3 Å². The number of nitrogen functional groups attached to an aromatic ring is 1. The topological polar surface area (TPSA) is 50.9 Å². The van der Waals surface area contributed by atoms with E-state index >= 15 is 0 Å². The molecule has 0 bridgehead atoms. The Kier molecular flexibility index (Phi) is 2.63. The van der Waals surface area contributed by atoms with Crippen molar-refractivity contribution in [3.8, 4) is 0 Å². The highest BCUT2D eigenvalue weighted by atomic mass is 32.1. The minimum Gasteiger partial charge on any atom is -0.399 e. The number of nitrogens with zero attached hydrogens (tertiary/aromatic N) is 1. The first kappa shape index (κ1) is 11.7. The van der Waals surface area contributed by atoms with Gasteiger partial charge in [0.15, 0.2) is 5.13 Å². The standard InChI is InChI=1S/C16H15N3S/c17-11-6-7-13-15(8-11)20-16(18-13)19-14-9-12(14)10-4-2-1-3-5-10/h1-8,12,14H,9,17H2,(H,18,19). The Labute approximate surface area is 121 Å². The largest absolute Gasteiger partial charge is 0.399 e. The molecule has 3 N–H and O–H groups in total. The average Bonchev–Trinajstić information content (AvgIpc) is 3.10. The smallest absolute Gasteiger partial charge is 0.184 e. The lowest BCUT2D eigenvalue weighted by atomic mass is 10.1. The Morgan fingerprint density at radius 3 is 2.85 bits per heavy atom. The number of benzene rings is 2. The molecule has 0 aliphatic heterocycles. The van der Waals surface area contributed by atoms with Gasteiger partial charge in [0.25, 0.3) is 0 Å². The van der Waals surface area contributed by atoms with Crippen LogP contribution in [0.5, 0.6) is 0 Å². The molecule has 1 aliphatic rings. The second-order valence-electron chi connectivity index (χ2n) is 5.25. The Balaban J connectivity index is 1.52. The zero-order valence-corrected chi connectivity index (χ0v) is 11.7. The predicted octanol–water partition coefficient (Wildman–Crippen LogP) is 3.85. The molecule has 100 valence electrons. The van der Waals surface area contributed by atoms with Gasteiger partial charge in [0.05, 0.1) is 10.2 Å². The van der Waals surface area contributed by atoms with Crippen LogP contribution in [0.25, 0.3) is 10.2 Å². The molecule has 0 radical (unpaired) electrons. The summed E-state index contributed by atoms with van der Waals surface area (Å²) in [5.41, 5.74) is 9.03. The monoisotopic (exact) mass is 281 g/mol. The first-order valence-corrected chi connectivity index (χ1v) is 7.59. The van der Waals surface area contributed by atoms with Crippen LogP contribution in [0, 0.1) is 0 Å². The molecule has 1 aromatic heterocycles. The summed E-state index contributed by atoms with van der Waals surface area (Å²) in [5.74, 6) is 0.619. The number of hydrogen-bond donors (Lipinski definition) is 2. The SMILES string of the molecule is Nc1ccc2nc(NC3CC3c3ccccc3)sc2c1. The van der Waals surface area contributed by atoms with Crippen molar-refractivity contribution in [1.82, 2.24) is 4.98 Å². The average molecular weight is 281 g/mol. The summed E-state index contributed by atoms with van der Waals surface area (Å²) in [6.45, 7) is 0. The van der Waals surface area contributed by atoms with Crippen molar-refractivity contribution in [2.45, 2.75) is 18.4 Å². The number of hydrogen-bond acceptors (Lipinski definition) is 4. The van der Waals surface area contributed by atoms with Crippen molar-refractivity contribution >= 4 is 32.4 Å². The van der Waals surface area contributed by atoms with Crippen LogP contribution in [0.1, 0.15) is 17.9 Å². The molecule has 4 heteroatoms. The maximum absolute atomic E-state index is 5.80. The molecular formula is C16H15N3S. The van der Waals surface area contributed by atoms with Crippen LogP contribution in [0.2, 0.25) is 0 Å². The van der Waals surface area contributed by atoms with Crippen molar-refractivity contribution in [1.29, 1.82) is 0 Å². The fourth-order valence-electron chi connectivity index (χ4n) is 2.58. The fourth-order valence-corrected chi connectivity index (χ4v) is 3.56. The highest BCUT2D eigenvalue weighted by molar-refractivity contribution is 7.22. The molecule has 0 spiro atoms. The minimum atomic E-state index is 0.510. The number of nitrogens with one attached hydrogen (secondary N) is 1. The maximum atomic E-state index is 5.80. The second-order valence-corrected chi connectivity index (χ2v) is 6.28. The molecule has 3 nitrogen and oxygen atoms in total. The van der Waals surface area contributed by atoms with E-state index in [0.29, 0.717) is 12.0 Å². The molecule has 20 heavy (non-hydrogen) atoms. The summed E-state index contributed by atoms with van der Waals surface area (Å²) < 4.78 is 1.14. The van der Waals surface area contributed by atoms with E-state index in [1.165, 1.54) is 12.0 Å². The molecule has 4 rings (SSSR count). The second kappa shape index (κ2) is 4.49. The van der Waals surface area contributed by atoms with E-state index in [-0.39, 0.29) is 0 Å². The first-order chi connectivity index (χ1) is 9.79. The lowest BCUT2D eigenvalue weighted by Gasteiger charge is -2.01. The van der Waals surface area contributed by atoms with Gasteiger partial charge in [-0.1, -0.05) is 41.7 Å². The quantitative estimate of drug-likeness (QED) is 0.717. The molecule has 2 aromatic carbocycles. The molecule has 3 aromatic rings. The fraction of sp³-hybridized carbons (Fsp3) is 0.188. The molecular weight excluding hydrogens is 266 g/mol. The van der Waals surface area contributed by atoms with Crippen molar-refractivity contribution in [3.63, 3.8) is 0 Å². The minimum absolute atomic E-state index is 0.510. The van der Waals surface area contributed by atoms with E-state index in [4.69, 9.17) is 5.73 Å². The van der Waals surface area contributed by atoms with Gasteiger partial charge in [-0.3, -0.25) is 0 Å². The summed E-state index contributed by atoms with van der Waals surface area (Å²) in [4.78, 5) is 4.61. The van der Waals surface area contributed by atoms with Gasteiger partial charge in [0, 0.05) is 17.6 Å². The van der Waals surface area contributed by atoms with Crippen molar-refractivity contribution in [2.75, 3.05) is 11.1 Å². The highest BCUT2D eigenvalue weighted by Crippen LogP contribution is 2.43. The molecule has 1 heterocycles. The Hall–Kier alpha value is -2.07. The molecule has 0 amide bonds. The van der Waals surface area contributed by atoms with Crippen LogP contribution < -0.4 is 11.1 Å². The maximum Gasteiger partial charge on any atom is 0.184 e. The first-order valence-electron chi connectivity index (χ1n) is 6.77. The van der Waals surface area contributed by atoms with Crippen molar-refractivity contribution < 1.29 is 0 Å². The van der Waals surface area contributed by atoms with Crippen LogP contribution in [-0.4, -0.2) is 11.0 Å². The van der Waals surface area contributed by atoms with Gasteiger partial charge in [-0.25, -0.2) is 4.98 Å².